The Morgan fingerprint density at radius 1 is 1.09 bits per heavy atom. The Labute approximate surface area is 138 Å². The first-order chi connectivity index (χ1) is 10.9. The minimum absolute atomic E-state index is 0.113. The van der Waals surface area contributed by atoms with Crippen LogP contribution < -0.4 is 21.9 Å². The number of hydrogen-bond acceptors (Lipinski definition) is 8. The van der Waals surface area contributed by atoms with E-state index < -0.39 is 0 Å². The van der Waals surface area contributed by atoms with Crippen LogP contribution in [0.25, 0.3) is 10.2 Å². The van der Waals surface area contributed by atoms with Crippen LogP contribution in [-0.4, -0.2) is 20.5 Å². The molecule has 3 rings (SSSR count). The zero-order valence-corrected chi connectivity index (χ0v) is 14.0. The van der Waals surface area contributed by atoms with Gasteiger partial charge in [-0.25, -0.2) is 20.4 Å². The van der Waals surface area contributed by atoms with Crippen molar-refractivity contribution >= 4 is 44.0 Å². The molecule has 5 N–H and O–H groups in total. The minimum atomic E-state index is -0.113. The van der Waals surface area contributed by atoms with E-state index in [1.165, 1.54) is 6.33 Å². The predicted molar refractivity (Wildman–Crippen MR) is 95.9 cm³/mol. The number of hydrazine groups is 1. The van der Waals surface area contributed by atoms with Crippen LogP contribution in [0.1, 0.15) is 20.8 Å². The quantitative estimate of drug-likeness (QED) is 0.546. The van der Waals surface area contributed by atoms with Crippen molar-refractivity contribution in [3.63, 3.8) is 0 Å². The highest BCUT2D eigenvalue weighted by Crippen LogP contribution is 2.30. The molecule has 23 heavy (non-hydrogen) atoms. The maximum absolute atomic E-state index is 6.14. The van der Waals surface area contributed by atoms with E-state index >= 15 is 0 Å². The molecule has 0 spiro atoms. The Balaban J connectivity index is 1.82. The lowest BCUT2D eigenvalue weighted by Crippen LogP contribution is -2.40. The van der Waals surface area contributed by atoms with E-state index in [1.807, 2.05) is 45.0 Å². The van der Waals surface area contributed by atoms with Gasteiger partial charge in [-0.2, -0.15) is 0 Å². The van der Waals surface area contributed by atoms with Crippen molar-refractivity contribution in [3.8, 4) is 0 Å². The van der Waals surface area contributed by atoms with Crippen LogP contribution >= 0.6 is 11.3 Å². The van der Waals surface area contributed by atoms with E-state index in [1.54, 1.807) is 11.3 Å². The number of aromatic nitrogens is 3. The van der Waals surface area contributed by atoms with E-state index in [4.69, 9.17) is 5.73 Å². The number of nitrogen functional groups attached to an aromatic ring is 1. The SMILES string of the molecule is CC(C)(C)NNc1ncnc(Nc2nc3ccccc3s2)c1N. The summed E-state index contributed by atoms with van der Waals surface area (Å²) in [6.45, 7) is 6.12. The van der Waals surface area contributed by atoms with E-state index in [2.05, 4.69) is 31.1 Å². The van der Waals surface area contributed by atoms with Crippen molar-refractivity contribution < 1.29 is 0 Å². The second-order valence-corrected chi connectivity index (χ2v) is 7.13. The molecule has 2 heterocycles. The standard InChI is InChI=1S/C15H19N7S/c1-15(2,3)22-21-13-11(16)12(17-8-18-13)20-14-19-9-6-4-5-7-10(9)23-14/h4-8,22H,16H2,1-3H3,(H2,17,18,19,20,21). The highest BCUT2D eigenvalue weighted by Gasteiger charge is 2.13. The fourth-order valence-electron chi connectivity index (χ4n) is 1.87. The van der Waals surface area contributed by atoms with Crippen LogP contribution in [0, 0.1) is 0 Å². The Hall–Kier alpha value is -2.45. The largest absolute Gasteiger partial charge is 0.393 e. The Morgan fingerprint density at radius 3 is 2.57 bits per heavy atom. The molecule has 2 aromatic heterocycles. The molecule has 1 aromatic carbocycles. The molecule has 3 aromatic rings. The highest BCUT2D eigenvalue weighted by molar-refractivity contribution is 7.22. The van der Waals surface area contributed by atoms with Gasteiger partial charge in [0.05, 0.1) is 10.2 Å². The molecular formula is C15H19N7S. The topological polar surface area (TPSA) is 101 Å². The number of hydrogen-bond donors (Lipinski definition) is 4. The van der Waals surface area contributed by atoms with Gasteiger partial charge in [-0.15, -0.1) is 0 Å². The first-order valence-electron chi connectivity index (χ1n) is 7.19. The number of anilines is 4. The smallest absolute Gasteiger partial charge is 0.189 e. The lowest BCUT2D eigenvalue weighted by molar-refractivity contribution is 0.464. The molecule has 7 nitrogen and oxygen atoms in total. The summed E-state index contributed by atoms with van der Waals surface area (Å²) in [6.07, 6.45) is 1.46. The van der Waals surface area contributed by atoms with Crippen LogP contribution in [0.3, 0.4) is 0 Å². The zero-order valence-electron chi connectivity index (χ0n) is 13.2. The van der Waals surface area contributed by atoms with E-state index in [-0.39, 0.29) is 5.54 Å². The molecule has 0 aliphatic carbocycles. The van der Waals surface area contributed by atoms with Crippen molar-refractivity contribution in [2.24, 2.45) is 0 Å². The first kappa shape index (κ1) is 15.4. The second kappa shape index (κ2) is 5.98. The molecule has 0 fully saturated rings. The third-order valence-electron chi connectivity index (χ3n) is 2.96. The Morgan fingerprint density at radius 2 is 1.83 bits per heavy atom. The van der Waals surface area contributed by atoms with Crippen LogP contribution in [0.5, 0.6) is 0 Å². The lowest BCUT2D eigenvalue weighted by Gasteiger charge is -2.22. The molecule has 0 bridgehead atoms. The second-order valence-electron chi connectivity index (χ2n) is 6.10. The van der Waals surface area contributed by atoms with Crippen LogP contribution in [0.15, 0.2) is 30.6 Å². The van der Waals surface area contributed by atoms with Gasteiger partial charge in [-0.3, -0.25) is 0 Å². The van der Waals surface area contributed by atoms with Crippen molar-refractivity contribution in [2.75, 3.05) is 16.5 Å². The first-order valence-corrected chi connectivity index (χ1v) is 8.00. The van der Waals surface area contributed by atoms with Crippen molar-refractivity contribution in [2.45, 2.75) is 26.3 Å². The average Bonchev–Trinajstić information content (AvgIpc) is 2.89. The van der Waals surface area contributed by atoms with Crippen LogP contribution in [0.4, 0.5) is 22.5 Å². The van der Waals surface area contributed by atoms with E-state index in [9.17, 15) is 0 Å². The summed E-state index contributed by atoms with van der Waals surface area (Å²) in [7, 11) is 0. The third kappa shape index (κ3) is 3.66. The molecule has 0 unspecified atom stereocenters. The van der Waals surface area contributed by atoms with Crippen molar-refractivity contribution in [1.82, 2.24) is 20.4 Å². The average molecular weight is 329 g/mol. The summed E-state index contributed by atoms with van der Waals surface area (Å²) in [5, 5.41) is 3.90. The van der Waals surface area contributed by atoms with Gasteiger partial charge in [0.15, 0.2) is 16.8 Å². The number of nitrogens with one attached hydrogen (secondary N) is 3. The Kier molecular flexibility index (Phi) is 4.01. The summed E-state index contributed by atoms with van der Waals surface area (Å²) in [4.78, 5) is 12.9. The minimum Gasteiger partial charge on any atom is -0.393 e. The number of fused-ring (bicyclic) bond motifs is 1. The number of benzene rings is 1. The van der Waals surface area contributed by atoms with Gasteiger partial charge in [-0.1, -0.05) is 23.5 Å². The molecule has 0 aliphatic heterocycles. The van der Waals surface area contributed by atoms with E-state index in [0.29, 0.717) is 17.3 Å². The van der Waals surface area contributed by atoms with Gasteiger partial charge < -0.3 is 16.5 Å². The zero-order chi connectivity index (χ0) is 16.4. The number of rotatable bonds is 4. The van der Waals surface area contributed by atoms with Gasteiger partial charge in [0.1, 0.15) is 12.0 Å². The predicted octanol–water partition coefficient (Wildman–Crippen LogP) is 3.13. The fraction of sp³-hybridized carbons (Fsp3) is 0.267. The lowest BCUT2D eigenvalue weighted by atomic mass is 10.1. The van der Waals surface area contributed by atoms with Crippen molar-refractivity contribution in [3.05, 3.63) is 30.6 Å². The summed E-state index contributed by atoms with van der Waals surface area (Å²) in [5.74, 6) is 1.05. The highest BCUT2D eigenvalue weighted by atomic mass is 32.1. The summed E-state index contributed by atoms with van der Waals surface area (Å²) < 4.78 is 1.11. The monoisotopic (exact) mass is 329 g/mol. The van der Waals surface area contributed by atoms with Gasteiger partial charge in [-0.05, 0) is 32.9 Å². The number of nitrogens with two attached hydrogens (primary N) is 1. The maximum Gasteiger partial charge on any atom is 0.189 e. The molecule has 0 saturated carbocycles. The molecular weight excluding hydrogens is 310 g/mol. The van der Waals surface area contributed by atoms with Gasteiger partial charge in [0.2, 0.25) is 0 Å². The molecule has 120 valence electrons. The summed E-state index contributed by atoms with van der Waals surface area (Å²) >= 11 is 1.55. The third-order valence-corrected chi connectivity index (χ3v) is 3.91. The van der Waals surface area contributed by atoms with E-state index in [0.717, 1.165) is 15.3 Å². The molecule has 0 aliphatic rings. The molecule has 8 heteroatoms. The number of nitrogens with zero attached hydrogens (tertiary/aromatic N) is 3. The maximum atomic E-state index is 6.14. The molecule has 0 atom stereocenters. The molecule has 0 radical (unpaired) electrons. The number of para-hydroxylation sites is 1. The molecule has 0 amide bonds. The van der Waals surface area contributed by atoms with Gasteiger partial charge in [0.25, 0.3) is 0 Å². The van der Waals surface area contributed by atoms with Gasteiger partial charge in [0, 0.05) is 5.54 Å². The van der Waals surface area contributed by atoms with Crippen LogP contribution in [-0.2, 0) is 0 Å². The van der Waals surface area contributed by atoms with Gasteiger partial charge >= 0.3 is 0 Å². The molecule has 0 saturated heterocycles. The summed E-state index contributed by atoms with van der Waals surface area (Å²) in [6, 6.07) is 7.96. The normalized spacial score (nSPS) is 11.6. The summed E-state index contributed by atoms with van der Waals surface area (Å²) in [5.41, 5.74) is 13.6. The Bertz CT molecular complexity index is 789. The fourth-order valence-corrected chi connectivity index (χ4v) is 2.73. The number of thiazole rings is 1. The van der Waals surface area contributed by atoms with Crippen LogP contribution in [0.2, 0.25) is 0 Å². The van der Waals surface area contributed by atoms with Crippen molar-refractivity contribution in [1.29, 1.82) is 0 Å².